The summed E-state index contributed by atoms with van der Waals surface area (Å²) < 4.78 is 26.9. The molecule has 1 aromatic rings. The Morgan fingerprint density at radius 3 is 2.35 bits per heavy atom. The number of ether oxygens (including phenoxy) is 5. The number of allylic oxidation sites excluding steroid dienone is 1. The van der Waals surface area contributed by atoms with E-state index in [1.807, 2.05) is 0 Å². The fourth-order valence-corrected chi connectivity index (χ4v) is 4.12. The van der Waals surface area contributed by atoms with Gasteiger partial charge in [-0.25, -0.2) is 4.79 Å². The molecule has 1 aromatic carbocycles. The first-order chi connectivity index (χ1) is 17.7. The molecule has 1 saturated heterocycles. The number of carbonyl (C=O) groups excluding carboxylic acids is 2. The predicted molar refractivity (Wildman–Crippen MR) is 125 cm³/mol. The lowest BCUT2D eigenvalue weighted by Crippen LogP contribution is -2.60. The van der Waals surface area contributed by atoms with Crippen molar-refractivity contribution >= 4 is 11.9 Å². The summed E-state index contributed by atoms with van der Waals surface area (Å²) in [6.45, 7) is 0.972. The quantitative estimate of drug-likeness (QED) is 0.156. The van der Waals surface area contributed by atoms with Crippen LogP contribution in [0.4, 0.5) is 0 Å². The number of hydrogen-bond acceptors (Lipinski definition) is 12. The number of carbonyl (C=O) groups is 2. The fourth-order valence-electron chi connectivity index (χ4n) is 4.12. The van der Waals surface area contributed by atoms with Crippen LogP contribution in [0.1, 0.15) is 18.9 Å². The maximum absolute atomic E-state index is 12.8. The molecule has 12 nitrogen and oxygen atoms in total. The Kier molecular flexibility index (Phi) is 10.2. The Hall–Kier alpha value is -2.84. The average molecular weight is 525 g/mol. The monoisotopic (exact) mass is 524 g/mol. The van der Waals surface area contributed by atoms with Crippen LogP contribution in [0.5, 0.6) is 5.75 Å². The van der Waals surface area contributed by atoms with Crippen molar-refractivity contribution in [3.63, 3.8) is 0 Å². The number of esters is 2. The number of benzene rings is 1. The Balaban J connectivity index is 1.78. The molecule has 7 atom stereocenters. The second-order valence-corrected chi connectivity index (χ2v) is 8.50. The van der Waals surface area contributed by atoms with Crippen molar-refractivity contribution in [3.8, 4) is 5.75 Å². The molecular weight excluding hydrogens is 492 g/mol. The minimum absolute atomic E-state index is 0.00991. The van der Waals surface area contributed by atoms with Gasteiger partial charge in [0, 0.05) is 18.1 Å². The number of aliphatic hydroxyl groups is 5. The zero-order valence-electron chi connectivity index (χ0n) is 20.4. The van der Waals surface area contributed by atoms with Gasteiger partial charge in [-0.3, -0.25) is 4.79 Å². The van der Waals surface area contributed by atoms with Crippen molar-refractivity contribution in [2.24, 2.45) is 5.92 Å². The Morgan fingerprint density at radius 1 is 1.05 bits per heavy atom. The topological polar surface area (TPSA) is 181 Å². The summed E-state index contributed by atoms with van der Waals surface area (Å²) in [5.41, 5.74) is 1.21. The van der Waals surface area contributed by atoms with E-state index in [9.17, 15) is 30.0 Å². The maximum atomic E-state index is 12.8. The summed E-state index contributed by atoms with van der Waals surface area (Å²) in [5.74, 6) is -2.01. The Labute approximate surface area is 213 Å². The largest absolute Gasteiger partial charge is 0.468 e. The Bertz CT molecular complexity index is 986. The molecule has 0 spiro atoms. The lowest BCUT2D eigenvalue weighted by Gasteiger charge is -2.41. The molecule has 0 aliphatic carbocycles. The molecule has 12 heteroatoms. The van der Waals surface area contributed by atoms with Crippen LogP contribution < -0.4 is 4.74 Å². The van der Waals surface area contributed by atoms with Crippen molar-refractivity contribution in [3.05, 3.63) is 53.3 Å². The molecule has 2 aliphatic heterocycles. The Morgan fingerprint density at radius 2 is 1.76 bits per heavy atom. The van der Waals surface area contributed by atoms with Crippen molar-refractivity contribution in [1.82, 2.24) is 0 Å². The van der Waals surface area contributed by atoms with Gasteiger partial charge < -0.3 is 49.2 Å². The van der Waals surface area contributed by atoms with Crippen LogP contribution in [0.25, 0.3) is 0 Å². The summed E-state index contributed by atoms with van der Waals surface area (Å²) in [7, 11) is 1.18. The predicted octanol–water partition coefficient (Wildman–Crippen LogP) is -0.691. The van der Waals surface area contributed by atoms with Gasteiger partial charge in [0.2, 0.25) is 6.29 Å². The highest BCUT2D eigenvalue weighted by atomic mass is 16.8. The van der Waals surface area contributed by atoms with Crippen molar-refractivity contribution < 1.29 is 58.8 Å². The molecular formula is C25H32O12. The van der Waals surface area contributed by atoms with Gasteiger partial charge in [0.05, 0.1) is 32.0 Å². The lowest BCUT2D eigenvalue weighted by molar-refractivity contribution is -0.327. The number of methoxy groups -OCH3 is 1. The molecule has 5 N–H and O–H groups in total. The molecule has 0 amide bonds. The standard InChI is InChI=1S/C25H32O12/c1-3-15-16(10-19(28)35-14-6-4-13(5-7-14)8-9-26)17(23(32)33-2)12-34-24(15)37-25-22(31)21(30)20(29)18(11-27)36-25/h3-7,12,16,18,20-22,24-27,29-31H,8-11H2,1-2H3/t16-,18+,20+,21-,22+,24-,25-/m0/s1. The number of rotatable bonds is 9. The molecule has 3 rings (SSSR count). The van der Waals surface area contributed by atoms with E-state index in [-0.39, 0.29) is 24.4 Å². The number of hydrogen-bond donors (Lipinski definition) is 5. The highest BCUT2D eigenvalue weighted by Crippen LogP contribution is 2.36. The first-order valence-electron chi connectivity index (χ1n) is 11.7. The lowest BCUT2D eigenvalue weighted by atomic mass is 9.86. The molecule has 2 heterocycles. The van der Waals surface area contributed by atoms with Gasteiger partial charge in [0.25, 0.3) is 0 Å². The zero-order chi connectivity index (χ0) is 27.1. The minimum atomic E-state index is -1.68. The van der Waals surface area contributed by atoms with Gasteiger partial charge in [-0.2, -0.15) is 0 Å². The minimum Gasteiger partial charge on any atom is -0.468 e. The van der Waals surface area contributed by atoms with E-state index in [1.165, 1.54) is 7.11 Å². The molecule has 37 heavy (non-hydrogen) atoms. The van der Waals surface area contributed by atoms with E-state index in [4.69, 9.17) is 28.8 Å². The molecule has 0 aromatic heterocycles. The highest BCUT2D eigenvalue weighted by molar-refractivity contribution is 5.91. The van der Waals surface area contributed by atoms with E-state index >= 15 is 0 Å². The second-order valence-electron chi connectivity index (χ2n) is 8.50. The van der Waals surface area contributed by atoms with Crippen LogP contribution in [-0.2, 0) is 35.0 Å². The van der Waals surface area contributed by atoms with Gasteiger partial charge in [0.1, 0.15) is 30.2 Å². The zero-order valence-corrected chi connectivity index (χ0v) is 20.4. The smallest absolute Gasteiger partial charge is 0.337 e. The van der Waals surface area contributed by atoms with E-state index in [0.29, 0.717) is 12.0 Å². The van der Waals surface area contributed by atoms with E-state index in [2.05, 4.69) is 0 Å². The van der Waals surface area contributed by atoms with Crippen LogP contribution in [0.15, 0.2) is 47.7 Å². The molecule has 0 saturated carbocycles. The third kappa shape index (κ3) is 6.73. The average Bonchev–Trinajstić information content (AvgIpc) is 2.90. The van der Waals surface area contributed by atoms with Crippen LogP contribution in [-0.4, -0.2) is 94.8 Å². The summed E-state index contributed by atoms with van der Waals surface area (Å²) in [6.07, 6.45) is -6.06. The second kappa shape index (κ2) is 13.1. The molecule has 1 fully saturated rings. The first kappa shape index (κ1) is 28.7. The highest BCUT2D eigenvalue weighted by Gasteiger charge is 2.46. The third-order valence-corrected chi connectivity index (χ3v) is 6.16. The molecule has 204 valence electrons. The number of aliphatic hydroxyl groups excluding tert-OH is 5. The van der Waals surface area contributed by atoms with Gasteiger partial charge in [0.15, 0.2) is 6.29 Å². The summed E-state index contributed by atoms with van der Waals surface area (Å²) in [6, 6.07) is 6.61. The summed E-state index contributed by atoms with van der Waals surface area (Å²) >= 11 is 0. The maximum Gasteiger partial charge on any atom is 0.337 e. The van der Waals surface area contributed by atoms with Crippen LogP contribution in [0, 0.1) is 5.92 Å². The van der Waals surface area contributed by atoms with Crippen molar-refractivity contribution in [1.29, 1.82) is 0 Å². The molecule has 0 bridgehead atoms. The SMILES string of the molecule is CC=C1[C@H](O[C@@H]2O[C@H](CO)[C@@H](O)[C@H](O)[C@H]2O)OC=C(C(=O)OC)[C@H]1CC(=O)Oc1ccc(CCO)cc1. The van der Waals surface area contributed by atoms with Gasteiger partial charge in [-0.05, 0) is 31.0 Å². The van der Waals surface area contributed by atoms with E-state index < -0.39 is 61.5 Å². The molecule has 2 aliphatic rings. The molecule has 0 unspecified atom stereocenters. The van der Waals surface area contributed by atoms with Crippen molar-refractivity contribution in [2.75, 3.05) is 20.3 Å². The third-order valence-electron chi connectivity index (χ3n) is 6.16. The normalized spacial score (nSPS) is 30.8. The first-order valence-corrected chi connectivity index (χ1v) is 11.7. The van der Waals surface area contributed by atoms with Crippen LogP contribution >= 0.6 is 0 Å². The molecule has 0 radical (unpaired) electrons. The van der Waals surface area contributed by atoms with Crippen molar-refractivity contribution in [2.45, 2.75) is 56.8 Å². The van der Waals surface area contributed by atoms with Crippen LogP contribution in [0.3, 0.4) is 0 Å². The van der Waals surface area contributed by atoms with Gasteiger partial charge in [-0.1, -0.05) is 18.2 Å². The summed E-state index contributed by atoms with van der Waals surface area (Å²) in [5, 5.41) is 48.8. The van der Waals surface area contributed by atoms with E-state index in [1.54, 1.807) is 37.3 Å². The van der Waals surface area contributed by atoms with Crippen LogP contribution in [0.2, 0.25) is 0 Å². The van der Waals surface area contributed by atoms with Gasteiger partial charge >= 0.3 is 11.9 Å². The summed E-state index contributed by atoms with van der Waals surface area (Å²) in [4.78, 5) is 25.2. The van der Waals surface area contributed by atoms with Gasteiger partial charge in [-0.15, -0.1) is 0 Å². The fraction of sp³-hybridized carbons (Fsp3) is 0.520. The van der Waals surface area contributed by atoms with E-state index in [0.717, 1.165) is 11.8 Å².